The predicted molar refractivity (Wildman–Crippen MR) is 51.1 cm³/mol. The van der Waals surface area contributed by atoms with E-state index in [9.17, 15) is 0 Å². The summed E-state index contributed by atoms with van der Waals surface area (Å²) >= 11 is 0. The molecule has 0 fully saturated rings. The van der Waals surface area contributed by atoms with Crippen molar-refractivity contribution in [3.63, 3.8) is 0 Å². The van der Waals surface area contributed by atoms with Crippen LogP contribution in [0.5, 0.6) is 0 Å². The first-order valence-electron chi connectivity index (χ1n) is 3.94. The third-order valence-electron chi connectivity index (χ3n) is 1.73. The van der Waals surface area contributed by atoms with Crippen LogP contribution >= 0.6 is 0 Å². The second kappa shape index (κ2) is 4.94. The van der Waals surface area contributed by atoms with Gasteiger partial charge in [0.25, 0.3) is 0 Å². The van der Waals surface area contributed by atoms with Crippen molar-refractivity contribution >= 4 is 5.84 Å². The van der Waals surface area contributed by atoms with E-state index in [2.05, 4.69) is 30.3 Å². The lowest BCUT2D eigenvalue weighted by molar-refractivity contribution is 0.414. The second-order valence-corrected chi connectivity index (χ2v) is 2.88. The van der Waals surface area contributed by atoms with Crippen LogP contribution in [-0.2, 0) is 0 Å². The molecule has 0 atom stereocenters. The van der Waals surface area contributed by atoms with Gasteiger partial charge in [0.15, 0.2) is 0 Å². The summed E-state index contributed by atoms with van der Waals surface area (Å²) in [6.07, 6.45) is 1.80. The van der Waals surface area contributed by atoms with Gasteiger partial charge in [-0.15, -0.1) is 6.58 Å². The third-order valence-corrected chi connectivity index (χ3v) is 1.73. The summed E-state index contributed by atoms with van der Waals surface area (Å²) in [6, 6.07) is 0.517. The number of rotatable bonds is 3. The maximum atomic E-state index is 4.29. The van der Waals surface area contributed by atoms with Crippen molar-refractivity contribution in [3.8, 4) is 0 Å². The Balaban J connectivity index is 3.99. The Bertz CT molecular complexity index is 148. The van der Waals surface area contributed by atoms with Crippen LogP contribution in [-0.4, -0.2) is 30.4 Å². The third kappa shape index (κ3) is 3.81. The first kappa shape index (κ1) is 10.2. The molecule has 0 N–H and O–H groups in total. The summed E-state index contributed by atoms with van der Waals surface area (Å²) in [5.41, 5.74) is 0. The number of amidine groups is 1. The molecular formula is C9H18N2. The molecule has 0 saturated carbocycles. The van der Waals surface area contributed by atoms with Gasteiger partial charge in [-0.3, -0.25) is 4.99 Å². The van der Waals surface area contributed by atoms with E-state index in [1.807, 2.05) is 14.0 Å². The summed E-state index contributed by atoms with van der Waals surface area (Å²) in [5.74, 6) is 1.07. The zero-order valence-electron chi connectivity index (χ0n) is 7.96. The highest BCUT2D eigenvalue weighted by molar-refractivity contribution is 5.79. The van der Waals surface area contributed by atoms with Gasteiger partial charge in [-0.1, -0.05) is 6.08 Å². The molecule has 0 aromatic carbocycles. The zero-order valence-corrected chi connectivity index (χ0v) is 7.96. The topological polar surface area (TPSA) is 15.6 Å². The molecule has 0 radical (unpaired) electrons. The molecule has 11 heavy (non-hydrogen) atoms. The van der Waals surface area contributed by atoms with Crippen molar-refractivity contribution < 1.29 is 0 Å². The molecule has 0 aromatic heterocycles. The molecule has 0 unspecified atom stereocenters. The van der Waals surface area contributed by atoms with E-state index in [0.29, 0.717) is 12.6 Å². The van der Waals surface area contributed by atoms with Crippen LogP contribution in [0, 0.1) is 0 Å². The van der Waals surface area contributed by atoms with E-state index in [-0.39, 0.29) is 0 Å². The van der Waals surface area contributed by atoms with Gasteiger partial charge in [0, 0.05) is 13.1 Å². The molecule has 0 spiro atoms. The molecule has 0 rings (SSSR count). The first-order valence-corrected chi connectivity index (χ1v) is 3.94. The summed E-state index contributed by atoms with van der Waals surface area (Å²) in [6.45, 7) is 10.6. The molecule has 0 aliphatic heterocycles. The zero-order chi connectivity index (χ0) is 8.85. The smallest absolute Gasteiger partial charge is 0.0961 e. The van der Waals surface area contributed by atoms with E-state index < -0.39 is 0 Å². The maximum Gasteiger partial charge on any atom is 0.0961 e. The van der Waals surface area contributed by atoms with Gasteiger partial charge >= 0.3 is 0 Å². The van der Waals surface area contributed by atoms with Gasteiger partial charge < -0.3 is 4.90 Å². The highest BCUT2D eigenvalue weighted by Crippen LogP contribution is 1.95. The highest BCUT2D eigenvalue weighted by Gasteiger charge is 2.02. The Morgan fingerprint density at radius 2 is 2.18 bits per heavy atom. The molecule has 0 aliphatic carbocycles. The fourth-order valence-electron chi connectivity index (χ4n) is 0.682. The van der Waals surface area contributed by atoms with Crippen molar-refractivity contribution in [3.05, 3.63) is 12.7 Å². The largest absolute Gasteiger partial charge is 0.361 e. The van der Waals surface area contributed by atoms with Gasteiger partial charge in [-0.25, -0.2) is 0 Å². The molecule has 0 bridgehead atoms. The van der Waals surface area contributed by atoms with E-state index in [1.165, 1.54) is 0 Å². The van der Waals surface area contributed by atoms with Crippen LogP contribution in [0.25, 0.3) is 0 Å². The maximum absolute atomic E-state index is 4.29. The summed E-state index contributed by atoms with van der Waals surface area (Å²) < 4.78 is 0. The predicted octanol–water partition coefficient (Wildman–Crippen LogP) is 1.93. The van der Waals surface area contributed by atoms with Crippen LogP contribution in [0.3, 0.4) is 0 Å². The molecule has 0 heterocycles. The van der Waals surface area contributed by atoms with E-state index >= 15 is 0 Å². The van der Waals surface area contributed by atoms with Crippen molar-refractivity contribution in [2.45, 2.75) is 26.8 Å². The molecule has 0 aromatic rings. The summed E-state index contributed by atoms with van der Waals surface area (Å²) in [4.78, 5) is 6.43. The van der Waals surface area contributed by atoms with E-state index in [1.54, 1.807) is 6.08 Å². The first-order chi connectivity index (χ1) is 5.09. The minimum Gasteiger partial charge on any atom is -0.361 e. The Labute approximate surface area is 69.6 Å². The average molecular weight is 154 g/mol. The second-order valence-electron chi connectivity index (χ2n) is 2.88. The lowest BCUT2D eigenvalue weighted by Crippen LogP contribution is -2.31. The summed E-state index contributed by atoms with van der Waals surface area (Å²) in [5, 5.41) is 0. The minimum atomic E-state index is 0.517. The van der Waals surface area contributed by atoms with Crippen LogP contribution < -0.4 is 0 Å². The molecule has 0 amide bonds. The molecule has 64 valence electrons. The molecule has 2 heteroatoms. The Morgan fingerprint density at radius 1 is 1.64 bits per heavy atom. The molecule has 0 saturated heterocycles. The van der Waals surface area contributed by atoms with Crippen LogP contribution in [0.2, 0.25) is 0 Å². The van der Waals surface area contributed by atoms with Gasteiger partial charge in [-0.05, 0) is 20.8 Å². The number of hydrogen-bond acceptors (Lipinski definition) is 1. The fraction of sp³-hybridized carbons (Fsp3) is 0.667. The molecule has 2 nitrogen and oxygen atoms in total. The summed E-state index contributed by atoms with van der Waals surface area (Å²) in [7, 11) is 2.05. The van der Waals surface area contributed by atoms with Crippen LogP contribution in [0.15, 0.2) is 17.6 Å². The molecular weight excluding hydrogens is 136 g/mol. The van der Waals surface area contributed by atoms with Crippen molar-refractivity contribution in [2.24, 2.45) is 4.99 Å². The number of hydrogen-bond donors (Lipinski definition) is 0. The number of aliphatic imine (C=N–C) groups is 1. The Morgan fingerprint density at radius 3 is 2.55 bits per heavy atom. The number of nitrogens with zero attached hydrogens (tertiary/aromatic N) is 2. The highest BCUT2D eigenvalue weighted by atomic mass is 15.2. The van der Waals surface area contributed by atoms with Gasteiger partial charge in [0.2, 0.25) is 0 Å². The quantitative estimate of drug-likeness (QED) is 0.344. The lowest BCUT2D eigenvalue weighted by Gasteiger charge is -2.22. The lowest BCUT2D eigenvalue weighted by atomic mass is 10.3. The monoisotopic (exact) mass is 154 g/mol. The fourth-order valence-corrected chi connectivity index (χ4v) is 0.682. The van der Waals surface area contributed by atoms with E-state index in [4.69, 9.17) is 0 Å². The SMILES string of the molecule is C=CCN=C(C)N(C)C(C)C. The van der Waals surface area contributed by atoms with Gasteiger partial charge in [0.1, 0.15) is 0 Å². The standard InChI is InChI=1S/C9H18N2/c1-6-7-10-9(4)11(5)8(2)3/h6,8H,1,7H2,2-5H3. The Kier molecular flexibility index (Phi) is 4.59. The van der Waals surface area contributed by atoms with Gasteiger partial charge in [0.05, 0.1) is 12.4 Å². The average Bonchev–Trinajstić information content (AvgIpc) is 1.98. The van der Waals surface area contributed by atoms with Crippen LogP contribution in [0.1, 0.15) is 20.8 Å². The van der Waals surface area contributed by atoms with Crippen molar-refractivity contribution in [1.29, 1.82) is 0 Å². The van der Waals surface area contributed by atoms with E-state index in [0.717, 1.165) is 5.84 Å². The normalized spacial score (nSPS) is 11.9. The Hall–Kier alpha value is -0.790. The van der Waals surface area contributed by atoms with Crippen molar-refractivity contribution in [1.82, 2.24) is 4.90 Å². The van der Waals surface area contributed by atoms with Gasteiger partial charge in [-0.2, -0.15) is 0 Å². The van der Waals surface area contributed by atoms with Crippen LogP contribution in [0.4, 0.5) is 0 Å². The minimum absolute atomic E-state index is 0.517. The van der Waals surface area contributed by atoms with Crippen molar-refractivity contribution in [2.75, 3.05) is 13.6 Å². The molecule has 0 aliphatic rings.